The third-order valence-corrected chi connectivity index (χ3v) is 7.37. The van der Waals surface area contributed by atoms with E-state index in [1.807, 2.05) is 0 Å². The molecule has 4 rings (SSSR count). The van der Waals surface area contributed by atoms with Gasteiger partial charge in [0.15, 0.2) is 0 Å². The molecule has 2 heterocycles. The molecule has 3 aliphatic rings. The maximum absolute atomic E-state index is 12.7. The maximum Gasteiger partial charge on any atom is 0.316 e. The lowest BCUT2D eigenvalue weighted by atomic mass is 9.96. The van der Waals surface area contributed by atoms with Gasteiger partial charge in [-0.2, -0.15) is 0 Å². The highest BCUT2D eigenvalue weighted by atomic mass is 35.5. The number of hydrogen-bond acceptors (Lipinski definition) is 5. The van der Waals surface area contributed by atoms with Gasteiger partial charge >= 0.3 is 5.97 Å². The molecule has 2 atom stereocenters. The van der Waals surface area contributed by atoms with E-state index in [2.05, 4.69) is 10.0 Å². The quantitative estimate of drug-likeness (QED) is 0.737. The minimum atomic E-state index is -3.54. The molecule has 2 aliphatic heterocycles. The van der Waals surface area contributed by atoms with E-state index < -0.39 is 15.4 Å². The Morgan fingerprint density at radius 1 is 1.15 bits per heavy atom. The predicted molar refractivity (Wildman–Crippen MR) is 99.9 cm³/mol. The molecule has 2 saturated heterocycles. The molecule has 1 saturated carbocycles. The highest BCUT2D eigenvalue weighted by molar-refractivity contribution is 7.89. The third kappa shape index (κ3) is 3.50. The molecule has 6 nitrogen and oxygen atoms in total. The number of rotatable bonds is 5. The fourth-order valence-electron chi connectivity index (χ4n) is 4.33. The fourth-order valence-corrected chi connectivity index (χ4v) is 5.59. The minimum Gasteiger partial charge on any atom is -0.468 e. The minimum absolute atomic E-state index is 0. The van der Waals surface area contributed by atoms with Crippen LogP contribution in [0, 0.1) is 0 Å². The van der Waals surface area contributed by atoms with Crippen LogP contribution in [0.15, 0.2) is 29.2 Å². The zero-order chi connectivity index (χ0) is 17.7. The van der Waals surface area contributed by atoms with Crippen LogP contribution in [0.4, 0.5) is 0 Å². The Bertz CT molecular complexity index is 765. The van der Waals surface area contributed by atoms with Gasteiger partial charge in [0, 0.05) is 18.1 Å². The monoisotopic (exact) mass is 400 g/mol. The summed E-state index contributed by atoms with van der Waals surface area (Å²) in [5.74, 6) is -0.244. The zero-order valence-electron chi connectivity index (χ0n) is 14.7. The summed E-state index contributed by atoms with van der Waals surface area (Å²) in [4.78, 5) is 12.2. The number of ether oxygens (including phenoxy) is 1. The first-order chi connectivity index (χ1) is 11.9. The number of nitrogens with one attached hydrogen (secondary N) is 2. The number of sulfonamides is 1. The Morgan fingerprint density at radius 3 is 2.23 bits per heavy atom. The molecular weight excluding hydrogens is 376 g/mol. The maximum atomic E-state index is 12.7. The molecular formula is C18H25ClN2O4S. The van der Waals surface area contributed by atoms with Gasteiger partial charge in [-0.1, -0.05) is 12.1 Å². The molecule has 2 unspecified atom stereocenters. The number of halogens is 1. The number of hydrogen-bond donors (Lipinski definition) is 2. The van der Waals surface area contributed by atoms with E-state index in [0.717, 1.165) is 44.1 Å². The van der Waals surface area contributed by atoms with Crippen LogP contribution in [-0.2, 0) is 25.0 Å². The van der Waals surface area contributed by atoms with Gasteiger partial charge in [0.25, 0.3) is 0 Å². The van der Waals surface area contributed by atoms with E-state index in [9.17, 15) is 13.2 Å². The number of methoxy groups -OCH3 is 1. The average molecular weight is 401 g/mol. The molecule has 0 radical (unpaired) electrons. The molecule has 0 amide bonds. The standard InChI is InChI=1S/C18H24N2O4S.ClH/c1-24-17(21)18(8-9-18)12-2-6-16(7-3-12)25(22,23)20-15-10-13-4-5-14(11-15)19-13;/h2-3,6-7,13-15,19-20H,4-5,8-11H2,1H3;1H. The second-order valence-corrected chi connectivity index (χ2v) is 9.24. The first-order valence-corrected chi connectivity index (χ1v) is 10.4. The molecule has 1 aliphatic carbocycles. The molecule has 1 aromatic carbocycles. The third-order valence-electron chi connectivity index (χ3n) is 5.84. The van der Waals surface area contributed by atoms with Gasteiger partial charge in [-0.05, 0) is 56.2 Å². The molecule has 1 aromatic rings. The van der Waals surface area contributed by atoms with Crippen molar-refractivity contribution in [2.75, 3.05) is 7.11 Å². The topological polar surface area (TPSA) is 84.5 Å². The predicted octanol–water partition coefficient (Wildman–Crippen LogP) is 1.87. The lowest BCUT2D eigenvalue weighted by Gasteiger charge is -2.29. The first kappa shape index (κ1) is 19.6. The molecule has 0 spiro atoms. The van der Waals surface area contributed by atoms with Crippen LogP contribution in [0.3, 0.4) is 0 Å². The molecule has 8 heteroatoms. The summed E-state index contributed by atoms with van der Waals surface area (Å²) in [6, 6.07) is 7.53. The zero-order valence-corrected chi connectivity index (χ0v) is 16.4. The molecule has 2 bridgehead atoms. The van der Waals surface area contributed by atoms with Gasteiger partial charge in [-0.15, -0.1) is 12.4 Å². The van der Waals surface area contributed by atoms with Crippen LogP contribution in [0.25, 0.3) is 0 Å². The van der Waals surface area contributed by atoms with Gasteiger partial charge in [-0.3, -0.25) is 4.79 Å². The number of piperidine rings is 1. The normalized spacial score (nSPS) is 28.9. The Kier molecular flexibility index (Phi) is 5.36. The molecule has 144 valence electrons. The SMILES string of the molecule is COC(=O)C1(c2ccc(S(=O)(=O)NC3CC4CCC(C3)N4)cc2)CC1.Cl. The van der Waals surface area contributed by atoms with Gasteiger partial charge in [0.1, 0.15) is 0 Å². The van der Waals surface area contributed by atoms with Crippen molar-refractivity contribution in [3.05, 3.63) is 29.8 Å². The van der Waals surface area contributed by atoms with Crippen LogP contribution >= 0.6 is 12.4 Å². The summed E-state index contributed by atoms with van der Waals surface area (Å²) in [6.45, 7) is 0. The molecule has 26 heavy (non-hydrogen) atoms. The van der Waals surface area contributed by atoms with E-state index in [4.69, 9.17) is 4.74 Å². The lowest BCUT2D eigenvalue weighted by molar-refractivity contribution is -0.143. The molecule has 3 fully saturated rings. The van der Waals surface area contributed by atoms with Crippen LogP contribution < -0.4 is 10.0 Å². The van der Waals surface area contributed by atoms with Crippen molar-refractivity contribution in [3.63, 3.8) is 0 Å². The van der Waals surface area contributed by atoms with Crippen molar-refractivity contribution >= 4 is 28.4 Å². The van der Waals surface area contributed by atoms with E-state index in [1.165, 1.54) is 7.11 Å². The van der Waals surface area contributed by atoms with Gasteiger partial charge < -0.3 is 10.1 Å². The van der Waals surface area contributed by atoms with E-state index in [0.29, 0.717) is 12.1 Å². The smallest absolute Gasteiger partial charge is 0.316 e. The highest BCUT2D eigenvalue weighted by Gasteiger charge is 2.52. The van der Waals surface area contributed by atoms with Gasteiger partial charge in [0.2, 0.25) is 10.0 Å². The summed E-state index contributed by atoms with van der Waals surface area (Å²) in [7, 11) is -2.15. The lowest BCUT2D eigenvalue weighted by Crippen LogP contribution is -2.47. The van der Waals surface area contributed by atoms with Crippen LogP contribution in [0.2, 0.25) is 0 Å². The largest absolute Gasteiger partial charge is 0.468 e. The van der Waals surface area contributed by atoms with Crippen molar-refractivity contribution < 1.29 is 17.9 Å². The number of carbonyl (C=O) groups is 1. The Morgan fingerprint density at radius 2 is 1.73 bits per heavy atom. The summed E-state index contributed by atoms with van der Waals surface area (Å²) in [5.41, 5.74) is 0.261. The average Bonchev–Trinajstić information content (AvgIpc) is 3.34. The second kappa shape index (κ2) is 7.11. The van der Waals surface area contributed by atoms with Crippen LogP contribution in [-0.4, -0.2) is 39.6 Å². The van der Waals surface area contributed by atoms with E-state index in [-0.39, 0.29) is 29.3 Å². The summed E-state index contributed by atoms with van der Waals surface area (Å²) in [6.07, 6.45) is 5.46. The Balaban J connectivity index is 0.00000196. The van der Waals surface area contributed by atoms with Crippen molar-refractivity contribution in [2.45, 2.75) is 67.0 Å². The Hall–Kier alpha value is -1.15. The summed E-state index contributed by atoms with van der Waals surface area (Å²) >= 11 is 0. The molecule has 0 aromatic heterocycles. The van der Waals surface area contributed by atoms with Gasteiger partial charge in [0.05, 0.1) is 17.4 Å². The highest BCUT2D eigenvalue weighted by Crippen LogP contribution is 2.49. The van der Waals surface area contributed by atoms with Gasteiger partial charge in [-0.25, -0.2) is 13.1 Å². The van der Waals surface area contributed by atoms with Crippen LogP contribution in [0.5, 0.6) is 0 Å². The number of carbonyl (C=O) groups excluding carboxylic acids is 1. The first-order valence-electron chi connectivity index (χ1n) is 8.90. The van der Waals surface area contributed by atoms with Crippen molar-refractivity contribution in [1.82, 2.24) is 10.0 Å². The summed E-state index contributed by atoms with van der Waals surface area (Å²) < 4.78 is 33.1. The van der Waals surface area contributed by atoms with E-state index in [1.54, 1.807) is 24.3 Å². The van der Waals surface area contributed by atoms with Crippen molar-refractivity contribution in [1.29, 1.82) is 0 Å². The van der Waals surface area contributed by atoms with E-state index >= 15 is 0 Å². The summed E-state index contributed by atoms with van der Waals surface area (Å²) in [5, 5.41) is 3.51. The fraction of sp³-hybridized carbons (Fsp3) is 0.611. The molecule has 2 N–H and O–H groups in total. The second-order valence-electron chi connectivity index (χ2n) is 7.53. The number of esters is 1. The number of fused-ring (bicyclic) bond motifs is 2. The van der Waals surface area contributed by atoms with Crippen molar-refractivity contribution in [2.24, 2.45) is 0 Å². The van der Waals surface area contributed by atoms with Crippen LogP contribution in [0.1, 0.15) is 44.1 Å². The Labute approximate surface area is 160 Å². The van der Waals surface area contributed by atoms with Crippen molar-refractivity contribution in [3.8, 4) is 0 Å². The number of benzene rings is 1.